The maximum atomic E-state index is 10.4. The summed E-state index contributed by atoms with van der Waals surface area (Å²) in [5, 5.41) is 11.7. The zero-order valence-corrected chi connectivity index (χ0v) is 12.1. The predicted octanol–water partition coefficient (Wildman–Crippen LogP) is 1.67. The van der Waals surface area contributed by atoms with E-state index >= 15 is 0 Å². The van der Waals surface area contributed by atoms with Gasteiger partial charge in [-0.25, -0.2) is 0 Å². The van der Waals surface area contributed by atoms with Gasteiger partial charge in [0.2, 0.25) is 5.75 Å². The highest BCUT2D eigenvalue weighted by atomic mass is 16.5. The zero-order chi connectivity index (χ0) is 15.0. The number of rotatable bonds is 9. The zero-order valence-electron chi connectivity index (χ0n) is 12.1. The van der Waals surface area contributed by atoms with Gasteiger partial charge >= 0.3 is 5.97 Å². The first-order valence-electron chi connectivity index (χ1n) is 6.34. The molecule has 0 spiro atoms. The fraction of sp³-hybridized carbons (Fsp3) is 0.500. The van der Waals surface area contributed by atoms with E-state index in [0.717, 1.165) is 5.56 Å². The first kappa shape index (κ1) is 16.1. The van der Waals surface area contributed by atoms with Crippen LogP contribution in [0.15, 0.2) is 12.1 Å². The summed E-state index contributed by atoms with van der Waals surface area (Å²) in [6, 6.07) is 3.71. The molecule has 0 aliphatic rings. The second-order valence-electron chi connectivity index (χ2n) is 4.17. The molecule has 0 aliphatic heterocycles. The molecular weight excluding hydrogens is 262 g/mol. The lowest BCUT2D eigenvalue weighted by Gasteiger charge is -2.16. The highest BCUT2D eigenvalue weighted by Gasteiger charge is 2.15. The van der Waals surface area contributed by atoms with Crippen molar-refractivity contribution < 1.29 is 24.1 Å². The van der Waals surface area contributed by atoms with Crippen LogP contribution in [0.25, 0.3) is 0 Å². The van der Waals surface area contributed by atoms with Crippen LogP contribution in [-0.2, 0) is 11.3 Å². The van der Waals surface area contributed by atoms with Crippen LogP contribution in [0.3, 0.4) is 0 Å². The molecule has 1 aromatic rings. The van der Waals surface area contributed by atoms with Gasteiger partial charge in [0.15, 0.2) is 11.5 Å². The van der Waals surface area contributed by atoms with Crippen molar-refractivity contribution in [3.05, 3.63) is 17.7 Å². The molecule has 6 heteroatoms. The Bertz CT molecular complexity index is 447. The van der Waals surface area contributed by atoms with E-state index in [1.54, 1.807) is 21.3 Å². The smallest absolute Gasteiger partial charge is 0.303 e. The topological polar surface area (TPSA) is 77.0 Å². The number of carbonyl (C=O) groups is 1. The normalized spacial score (nSPS) is 10.2. The molecule has 0 bridgehead atoms. The molecule has 1 aromatic carbocycles. The molecule has 0 saturated heterocycles. The third-order valence-electron chi connectivity index (χ3n) is 2.85. The molecule has 1 rings (SSSR count). The van der Waals surface area contributed by atoms with Gasteiger partial charge in [0, 0.05) is 18.5 Å². The highest BCUT2D eigenvalue weighted by molar-refractivity contribution is 5.66. The van der Waals surface area contributed by atoms with Gasteiger partial charge in [0.1, 0.15) is 0 Å². The van der Waals surface area contributed by atoms with Crippen LogP contribution in [0.2, 0.25) is 0 Å². The Labute approximate surface area is 118 Å². The average Bonchev–Trinajstić information content (AvgIpc) is 2.45. The molecule has 6 nitrogen and oxygen atoms in total. The number of carboxylic acid groups (broad SMARTS) is 1. The molecule has 0 aromatic heterocycles. The van der Waals surface area contributed by atoms with Gasteiger partial charge in [-0.1, -0.05) is 6.07 Å². The molecule has 0 atom stereocenters. The highest BCUT2D eigenvalue weighted by Crippen LogP contribution is 2.39. The Hall–Kier alpha value is -1.95. The van der Waals surface area contributed by atoms with Crippen LogP contribution in [-0.4, -0.2) is 38.9 Å². The number of aliphatic carboxylic acids is 1. The fourth-order valence-corrected chi connectivity index (χ4v) is 1.89. The molecule has 0 saturated carbocycles. The van der Waals surface area contributed by atoms with E-state index in [1.807, 2.05) is 12.1 Å². The fourth-order valence-electron chi connectivity index (χ4n) is 1.89. The van der Waals surface area contributed by atoms with Gasteiger partial charge in [-0.05, 0) is 19.0 Å². The summed E-state index contributed by atoms with van der Waals surface area (Å²) in [5.41, 5.74) is 0.931. The first-order valence-corrected chi connectivity index (χ1v) is 6.34. The van der Waals surface area contributed by atoms with Crippen LogP contribution in [0.4, 0.5) is 0 Å². The summed E-state index contributed by atoms with van der Waals surface area (Å²) in [5.74, 6) is 1.01. The Morgan fingerprint density at radius 2 is 1.85 bits per heavy atom. The van der Waals surface area contributed by atoms with Crippen LogP contribution in [0.1, 0.15) is 18.4 Å². The lowest BCUT2D eigenvalue weighted by Crippen LogP contribution is -2.16. The molecule has 0 radical (unpaired) electrons. The largest absolute Gasteiger partial charge is 0.493 e. The lowest BCUT2D eigenvalue weighted by molar-refractivity contribution is -0.137. The summed E-state index contributed by atoms with van der Waals surface area (Å²) in [7, 11) is 4.71. The van der Waals surface area contributed by atoms with Gasteiger partial charge in [-0.15, -0.1) is 0 Å². The van der Waals surface area contributed by atoms with Crippen molar-refractivity contribution in [3.63, 3.8) is 0 Å². The maximum absolute atomic E-state index is 10.4. The molecule has 0 fully saturated rings. The van der Waals surface area contributed by atoms with Crippen molar-refractivity contribution in [1.82, 2.24) is 5.32 Å². The number of hydrogen-bond acceptors (Lipinski definition) is 5. The Balaban J connectivity index is 2.67. The minimum absolute atomic E-state index is 0.163. The van der Waals surface area contributed by atoms with Crippen molar-refractivity contribution in [1.29, 1.82) is 0 Å². The van der Waals surface area contributed by atoms with Crippen LogP contribution in [0, 0.1) is 0 Å². The second-order valence-corrected chi connectivity index (χ2v) is 4.17. The quantitative estimate of drug-likeness (QED) is 0.671. The summed E-state index contributed by atoms with van der Waals surface area (Å²) in [6.45, 7) is 1.20. The molecule has 0 amide bonds. The molecule has 0 unspecified atom stereocenters. The van der Waals surface area contributed by atoms with E-state index in [9.17, 15) is 4.79 Å². The van der Waals surface area contributed by atoms with E-state index in [0.29, 0.717) is 36.8 Å². The Kier molecular flexibility index (Phi) is 6.66. The molecule has 20 heavy (non-hydrogen) atoms. The van der Waals surface area contributed by atoms with E-state index in [2.05, 4.69) is 5.32 Å². The van der Waals surface area contributed by atoms with Gasteiger partial charge in [0.05, 0.1) is 21.3 Å². The van der Waals surface area contributed by atoms with Crippen LogP contribution in [0.5, 0.6) is 17.2 Å². The summed E-state index contributed by atoms with van der Waals surface area (Å²) in [6.07, 6.45) is 0.751. The van der Waals surface area contributed by atoms with E-state index in [4.69, 9.17) is 19.3 Å². The summed E-state index contributed by atoms with van der Waals surface area (Å²) in [4.78, 5) is 10.4. The summed E-state index contributed by atoms with van der Waals surface area (Å²) < 4.78 is 15.9. The van der Waals surface area contributed by atoms with Crippen molar-refractivity contribution in [2.75, 3.05) is 27.9 Å². The number of ether oxygens (including phenoxy) is 3. The van der Waals surface area contributed by atoms with Crippen molar-refractivity contribution in [3.8, 4) is 17.2 Å². The third kappa shape index (κ3) is 4.31. The third-order valence-corrected chi connectivity index (χ3v) is 2.85. The van der Waals surface area contributed by atoms with E-state index in [-0.39, 0.29) is 6.42 Å². The standard InChI is InChI=1S/C14H21NO5/c1-18-11-7-6-10(13(19-2)14(11)20-3)9-15-8-4-5-12(16)17/h6-7,15H,4-5,8-9H2,1-3H3,(H,16,17). The van der Waals surface area contributed by atoms with Crippen molar-refractivity contribution in [2.24, 2.45) is 0 Å². The number of carboxylic acids is 1. The van der Waals surface area contributed by atoms with Gasteiger partial charge < -0.3 is 24.6 Å². The molecular formula is C14H21NO5. The minimum Gasteiger partial charge on any atom is -0.493 e. The number of hydrogen-bond donors (Lipinski definition) is 2. The average molecular weight is 283 g/mol. The van der Waals surface area contributed by atoms with E-state index in [1.165, 1.54) is 0 Å². The second kappa shape index (κ2) is 8.27. The van der Waals surface area contributed by atoms with Gasteiger partial charge in [0.25, 0.3) is 0 Å². The first-order chi connectivity index (χ1) is 9.63. The monoisotopic (exact) mass is 283 g/mol. The molecule has 2 N–H and O–H groups in total. The van der Waals surface area contributed by atoms with Crippen LogP contribution < -0.4 is 19.5 Å². The van der Waals surface area contributed by atoms with E-state index < -0.39 is 5.97 Å². The van der Waals surface area contributed by atoms with Crippen molar-refractivity contribution in [2.45, 2.75) is 19.4 Å². The van der Waals surface area contributed by atoms with Gasteiger partial charge in [-0.2, -0.15) is 0 Å². The van der Waals surface area contributed by atoms with Crippen LogP contribution >= 0.6 is 0 Å². The van der Waals surface area contributed by atoms with Gasteiger partial charge in [-0.3, -0.25) is 4.79 Å². The summed E-state index contributed by atoms with van der Waals surface area (Å²) >= 11 is 0. The predicted molar refractivity (Wildman–Crippen MR) is 74.7 cm³/mol. The number of nitrogens with one attached hydrogen (secondary N) is 1. The Morgan fingerprint density at radius 3 is 2.40 bits per heavy atom. The molecule has 0 aliphatic carbocycles. The lowest BCUT2D eigenvalue weighted by atomic mass is 10.1. The Morgan fingerprint density at radius 1 is 1.15 bits per heavy atom. The number of methoxy groups -OCH3 is 3. The minimum atomic E-state index is -0.782. The maximum Gasteiger partial charge on any atom is 0.303 e. The molecule has 112 valence electrons. The molecule has 0 heterocycles. The SMILES string of the molecule is COc1ccc(CNCCCC(=O)O)c(OC)c1OC. The number of benzene rings is 1. The van der Waals surface area contributed by atoms with Crippen molar-refractivity contribution >= 4 is 5.97 Å².